The van der Waals surface area contributed by atoms with Crippen molar-refractivity contribution in [2.24, 2.45) is 0 Å². The molecule has 0 aliphatic carbocycles. The van der Waals surface area contributed by atoms with E-state index >= 15 is 0 Å². The Morgan fingerprint density at radius 3 is 2.65 bits per heavy atom. The van der Waals surface area contributed by atoms with Crippen LogP contribution >= 0.6 is 11.3 Å². The van der Waals surface area contributed by atoms with Gasteiger partial charge in [0.2, 0.25) is 0 Å². The molecular formula is C17H11FN2O2S. The van der Waals surface area contributed by atoms with Crippen LogP contribution in [0.15, 0.2) is 24.3 Å². The van der Waals surface area contributed by atoms with Crippen LogP contribution in [-0.2, 0) is 0 Å². The molecule has 0 fully saturated rings. The van der Waals surface area contributed by atoms with Gasteiger partial charge >= 0.3 is 5.97 Å². The van der Waals surface area contributed by atoms with E-state index in [0.29, 0.717) is 38.2 Å². The zero-order chi connectivity index (χ0) is 16.7. The third-order valence-corrected chi connectivity index (χ3v) is 4.76. The lowest BCUT2D eigenvalue weighted by Crippen LogP contribution is -1.94. The number of aromatic carboxylic acids is 1. The average molecular weight is 326 g/mol. The highest BCUT2D eigenvalue weighted by atomic mass is 32.1. The number of hydrogen-bond acceptors (Lipinski definition) is 4. The molecule has 114 valence electrons. The van der Waals surface area contributed by atoms with Crippen molar-refractivity contribution >= 4 is 28.1 Å². The molecule has 2 aromatic carbocycles. The van der Waals surface area contributed by atoms with Gasteiger partial charge in [-0.3, -0.25) is 0 Å². The van der Waals surface area contributed by atoms with E-state index in [9.17, 15) is 14.4 Å². The molecule has 6 heteroatoms. The molecule has 0 atom stereocenters. The molecule has 3 rings (SSSR count). The van der Waals surface area contributed by atoms with Gasteiger partial charge in [0.25, 0.3) is 0 Å². The zero-order valence-corrected chi connectivity index (χ0v) is 13.2. The zero-order valence-electron chi connectivity index (χ0n) is 12.3. The van der Waals surface area contributed by atoms with Crippen LogP contribution in [-0.4, -0.2) is 16.1 Å². The molecule has 0 spiro atoms. The Balaban J connectivity index is 2.29. The lowest BCUT2D eigenvalue weighted by molar-refractivity contribution is 0.0701. The van der Waals surface area contributed by atoms with Gasteiger partial charge in [-0.2, -0.15) is 5.26 Å². The highest BCUT2D eigenvalue weighted by Crippen LogP contribution is 2.33. The van der Waals surface area contributed by atoms with Gasteiger partial charge < -0.3 is 5.11 Å². The number of nitriles is 1. The number of halogens is 1. The molecule has 23 heavy (non-hydrogen) atoms. The Hall–Kier alpha value is -2.78. The van der Waals surface area contributed by atoms with Crippen molar-refractivity contribution in [2.75, 3.05) is 0 Å². The monoisotopic (exact) mass is 326 g/mol. The highest BCUT2D eigenvalue weighted by Gasteiger charge is 2.17. The fraction of sp³-hybridized carbons (Fsp3) is 0.118. The van der Waals surface area contributed by atoms with Crippen molar-refractivity contribution in [3.05, 3.63) is 51.8 Å². The number of thiazole rings is 1. The van der Waals surface area contributed by atoms with Gasteiger partial charge in [-0.25, -0.2) is 14.2 Å². The topological polar surface area (TPSA) is 74.0 Å². The number of hydrogen-bond donors (Lipinski definition) is 1. The van der Waals surface area contributed by atoms with E-state index in [0.717, 1.165) is 11.3 Å². The Morgan fingerprint density at radius 1 is 1.30 bits per heavy atom. The maximum absolute atomic E-state index is 13.7. The molecule has 0 bridgehead atoms. The smallest absolute Gasteiger partial charge is 0.347 e. The van der Waals surface area contributed by atoms with E-state index in [-0.39, 0.29) is 10.7 Å². The minimum absolute atomic E-state index is 0.161. The Labute approximate surface area is 135 Å². The normalized spacial score (nSPS) is 10.7. The summed E-state index contributed by atoms with van der Waals surface area (Å²) in [6, 6.07) is 8.27. The van der Waals surface area contributed by atoms with Gasteiger partial charge in [-0.1, -0.05) is 0 Å². The van der Waals surface area contributed by atoms with Crippen LogP contribution in [0.1, 0.15) is 26.5 Å². The molecule has 3 aromatic rings. The summed E-state index contributed by atoms with van der Waals surface area (Å²) in [7, 11) is 0. The third-order valence-electron chi connectivity index (χ3n) is 3.57. The number of carbonyl (C=O) groups is 1. The van der Waals surface area contributed by atoms with Gasteiger partial charge in [0.15, 0.2) is 0 Å². The van der Waals surface area contributed by atoms with Crippen molar-refractivity contribution in [1.29, 1.82) is 5.26 Å². The van der Waals surface area contributed by atoms with Gasteiger partial charge in [0, 0.05) is 10.9 Å². The Bertz CT molecular complexity index is 1000. The van der Waals surface area contributed by atoms with E-state index in [4.69, 9.17) is 5.11 Å². The van der Waals surface area contributed by atoms with Crippen LogP contribution in [0.2, 0.25) is 0 Å². The summed E-state index contributed by atoms with van der Waals surface area (Å²) in [6.07, 6.45) is 0. The maximum Gasteiger partial charge on any atom is 0.347 e. The van der Waals surface area contributed by atoms with Crippen LogP contribution in [0.3, 0.4) is 0 Å². The average Bonchev–Trinajstić information content (AvgIpc) is 2.87. The largest absolute Gasteiger partial charge is 0.477 e. The van der Waals surface area contributed by atoms with Crippen LogP contribution in [0, 0.1) is 31.0 Å². The summed E-state index contributed by atoms with van der Waals surface area (Å²) in [4.78, 5) is 15.6. The molecule has 0 saturated heterocycles. The van der Waals surface area contributed by atoms with Crippen LogP contribution < -0.4 is 0 Å². The predicted molar refractivity (Wildman–Crippen MR) is 86.2 cm³/mol. The van der Waals surface area contributed by atoms with Crippen molar-refractivity contribution in [3.63, 3.8) is 0 Å². The van der Waals surface area contributed by atoms with E-state index in [1.807, 2.05) is 0 Å². The molecule has 1 heterocycles. The summed E-state index contributed by atoms with van der Waals surface area (Å²) in [5, 5.41) is 20.3. The van der Waals surface area contributed by atoms with Crippen LogP contribution in [0.5, 0.6) is 0 Å². The SMILES string of the molecule is Cc1nc(-c2cc(C#N)c3c(C)cc(F)cc3c2)sc1C(=O)O. The van der Waals surface area contributed by atoms with Crippen LogP contribution in [0.4, 0.5) is 4.39 Å². The van der Waals surface area contributed by atoms with E-state index in [2.05, 4.69) is 11.1 Å². The number of benzene rings is 2. The Kier molecular flexibility index (Phi) is 3.58. The van der Waals surface area contributed by atoms with Gasteiger partial charge in [-0.05, 0) is 49.1 Å². The number of rotatable bonds is 2. The summed E-state index contributed by atoms with van der Waals surface area (Å²) >= 11 is 1.04. The van der Waals surface area contributed by atoms with E-state index in [1.54, 1.807) is 26.0 Å². The molecule has 1 aromatic heterocycles. The molecule has 4 nitrogen and oxygen atoms in total. The summed E-state index contributed by atoms with van der Waals surface area (Å²) in [6.45, 7) is 3.38. The van der Waals surface area contributed by atoms with Crippen molar-refractivity contribution in [1.82, 2.24) is 4.98 Å². The van der Waals surface area contributed by atoms with Gasteiger partial charge in [0.05, 0.1) is 17.3 Å². The van der Waals surface area contributed by atoms with E-state index < -0.39 is 5.97 Å². The number of aromatic nitrogens is 1. The molecule has 0 amide bonds. The first-order valence-corrected chi connectivity index (χ1v) is 7.57. The maximum atomic E-state index is 13.7. The first-order valence-electron chi connectivity index (χ1n) is 6.76. The number of aryl methyl sites for hydroxylation is 2. The third kappa shape index (κ3) is 2.56. The molecule has 1 N–H and O–H groups in total. The quantitative estimate of drug-likeness (QED) is 0.762. The van der Waals surface area contributed by atoms with Crippen molar-refractivity contribution < 1.29 is 14.3 Å². The van der Waals surface area contributed by atoms with Crippen LogP contribution in [0.25, 0.3) is 21.3 Å². The molecule has 0 radical (unpaired) electrons. The van der Waals surface area contributed by atoms with Gasteiger partial charge in [0.1, 0.15) is 15.7 Å². The molecule has 0 saturated carbocycles. The summed E-state index contributed by atoms with van der Waals surface area (Å²) in [5.74, 6) is -1.41. The molecule has 0 aliphatic heterocycles. The minimum atomic E-state index is -1.03. The molecule has 0 unspecified atom stereocenters. The molecular weight excluding hydrogens is 315 g/mol. The predicted octanol–water partition coefficient (Wildman–Crippen LogP) is 4.29. The number of carboxylic acid groups (broad SMARTS) is 1. The Morgan fingerprint density at radius 2 is 2.04 bits per heavy atom. The highest BCUT2D eigenvalue weighted by molar-refractivity contribution is 7.17. The summed E-state index contributed by atoms with van der Waals surface area (Å²) in [5.41, 5.74) is 2.13. The number of carboxylic acids is 1. The second kappa shape index (κ2) is 5.45. The second-order valence-corrected chi connectivity index (χ2v) is 6.19. The lowest BCUT2D eigenvalue weighted by atomic mass is 9.97. The van der Waals surface area contributed by atoms with Gasteiger partial charge in [-0.15, -0.1) is 11.3 Å². The first-order chi connectivity index (χ1) is 10.9. The number of nitrogens with zero attached hydrogens (tertiary/aromatic N) is 2. The lowest BCUT2D eigenvalue weighted by Gasteiger charge is -2.07. The second-order valence-electron chi connectivity index (χ2n) is 5.20. The molecule has 0 aliphatic rings. The van der Waals surface area contributed by atoms with Crippen molar-refractivity contribution in [3.8, 4) is 16.6 Å². The number of fused-ring (bicyclic) bond motifs is 1. The first kappa shape index (κ1) is 15.1. The van der Waals surface area contributed by atoms with Crippen molar-refractivity contribution in [2.45, 2.75) is 13.8 Å². The van der Waals surface area contributed by atoms with E-state index in [1.165, 1.54) is 12.1 Å². The standard InChI is InChI=1S/C17H11FN2O2S/c1-8-3-13(18)6-10-4-11(5-12(7-19)14(8)10)16-20-9(2)15(23-16)17(21)22/h3-6H,1-2H3,(H,21,22). The summed E-state index contributed by atoms with van der Waals surface area (Å²) < 4.78 is 13.7. The fourth-order valence-corrected chi connectivity index (χ4v) is 3.51. The fourth-order valence-electron chi connectivity index (χ4n) is 2.62. The minimum Gasteiger partial charge on any atom is -0.477 e.